The summed E-state index contributed by atoms with van der Waals surface area (Å²) >= 11 is 0. The highest BCUT2D eigenvalue weighted by molar-refractivity contribution is 5.84. The van der Waals surface area contributed by atoms with Crippen LogP contribution in [0, 0.1) is 18.3 Å². The summed E-state index contributed by atoms with van der Waals surface area (Å²) in [7, 11) is 1.68. The fourth-order valence-electron chi connectivity index (χ4n) is 3.64. The first-order valence-electron chi connectivity index (χ1n) is 12.1. The van der Waals surface area contributed by atoms with Gasteiger partial charge in [0.2, 0.25) is 0 Å². The first-order chi connectivity index (χ1) is 16.7. The van der Waals surface area contributed by atoms with Crippen molar-refractivity contribution in [3.8, 4) is 0 Å². The average molecular weight is 513 g/mol. The van der Waals surface area contributed by atoms with Crippen LogP contribution in [0.15, 0.2) is 40.0 Å². The van der Waals surface area contributed by atoms with Crippen molar-refractivity contribution in [3.05, 3.63) is 46.9 Å². The number of hydrogen-bond acceptors (Lipinski definition) is 6. The number of nitrogens with zero attached hydrogens (tertiary/aromatic N) is 1. The van der Waals surface area contributed by atoms with Gasteiger partial charge in [-0.1, -0.05) is 49.7 Å². The van der Waals surface area contributed by atoms with E-state index < -0.39 is 29.2 Å². The number of allylic oxidation sites excluding steroid dienone is 2. The van der Waals surface area contributed by atoms with Crippen LogP contribution in [0.4, 0.5) is 13.2 Å². The Balaban J connectivity index is 2.82. The molecular weight excluding hydrogens is 473 g/mol. The van der Waals surface area contributed by atoms with Crippen LogP contribution in [0.25, 0.3) is 6.08 Å². The molecule has 0 spiro atoms. The molecular formula is C27H39F3N2O4. The number of likely N-dealkylation sites (N-methyl/N-ethyl adjacent to an activating group) is 1. The monoisotopic (exact) mass is 512 g/mol. The third kappa shape index (κ3) is 10.6. The van der Waals surface area contributed by atoms with Crippen molar-refractivity contribution in [2.24, 2.45) is 11.3 Å². The molecule has 0 bridgehead atoms. The lowest BCUT2D eigenvalue weighted by Gasteiger charge is -2.25. The lowest BCUT2D eigenvalue weighted by molar-refractivity contribution is -0.130. The summed E-state index contributed by atoms with van der Waals surface area (Å²) in [5, 5.41) is 17.3. The molecule has 0 aromatic carbocycles. The number of carbonyl (C=O) groups excluding carboxylic acids is 2. The molecule has 0 aliphatic rings. The summed E-state index contributed by atoms with van der Waals surface area (Å²) in [6, 6.07) is 1.42. The van der Waals surface area contributed by atoms with Crippen LogP contribution in [-0.2, 0) is 9.59 Å². The third-order valence-electron chi connectivity index (χ3n) is 6.30. The Morgan fingerprint density at radius 1 is 1.31 bits per heavy atom. The Morgan fingerprint density at radius 2 is 1.97 bits per heavy atom. The van der Waals surface area contributed by atoms with Crippen molar-refractivity contribution in [2.45, 2.75) is 85.0 Å². The van der Waals surface area contributed by atoms with E-state index in [9.17, 15) is 27.9 Å². The number of aldehydes is 1. The van der Waals surface area contributed by atoms with Gasteiger partial charge >= 0.3 is 6.18 Å². The number of aliphatic hydroxyl groups is 1. The predicted molar refractivity (Wildman–Crippen MR) is 134 cm³/mol. The largest absolute Gasteiger partial charge is 0.412 e. The summed E-state index contributed by atoms with van der Waals surface area (Å²) in [6.45, 7) is 8.66. The highest BCUT2D eigenvalue weighted by atomic mass is 19.4. The molecule has 1 heterocycles. The van der Waals surface area contributed by atoms with Gasteiger partial charge in [-0.05, 0) is 46.2 Å². The maximum absolute atomic E-state index is 13.6. The normalized spacial score (nSPS) is 16.3. The van der Waals surface area contributed by atoms with E-state index in [1.54, 1.807) is 46.9 Å². The van der Waals surface area contributed by atoms with Crippen molar-refractivity contribution in [1.82, 2.24) is 10.5 Å². The molecule has 0 radical (unpaired) electrons. The standard InChI is InChI=1S/C27H39F3N2O4/c1-18(24(34)17-25(35)26(4,5)13-8-14-33)9-7-10-21(27(28,29)30)11-12-23(31-6)19(2)15-22-16-20(3)36-32-22/h7,9,11,14-16,18,23-24,31,34H,8,10,12-13,17H2,1-6H3/b9-7+,19-15+,21-11+/t18?,23-,24?/m0/s1. The molecule has 2 unspecified atom stereocenters. The van der Waals surface area contributed by atoms with Gasteiger partial charge in [0, 0.05) is 41.9 Å². The number of alkyl halides is 3. The van der Waals surface area contributed by atoms with Crippen LogP contribution in [0.2, 0.25) is 0 Å². The zero-order chi connectivity index (χ0) is 27.5. The molecule has 6 nitrogen and oxygen atoms in total. The summed E-state index contributed by atoms with van der Waals surface area (Å²) < 4.78 is 45.9. The van der Waals surface area contributed by atoms with Crippen molar-refractivity contribution >= 4 is 18.1 Å². The molecule has 3 atom stereocenters. The highest BCUT2D eigenvalue weighted by Crippen LogP contribution is 2.30. The fraction of sp³-hybridized carbons (Fsp3) is 0.593. The Hall–Kier alpha value is -2.52. The maximum atomic E-state index is 13.6. The minimum Gasteiger partial charge on any atom is -0.392 e. The number of nitrogens with one attached hydrogen (secondary N) is 1. The van der Waals surface area contributed by atoms with Gasteiger partial charge in [0.1, 0.15) is 23.5 Å². The van der Waals surface area contributed by atoms with Gasteiger partial charge < -0.3 is 19.7 Å². The summed E-state index contributed by atoms with van der Waals surface area (Å²) in [5.74, 6) is -0.0480. The molecule has 0 aliphatic carbocycles. The zero-order valence-electron chi connectivity index (χ0n) is 22.0. The smallest absolute Gasteiger partial charge is 0.392 e. The molecule has 0 saturated carbocycles. The van der Waals surface area contributed by atoms with Crippen LogP contribution < -0.4 is 5.32 Å². The van der Waals surface area contributed by atoms with Gasteiger partial charge in [0.05, 0.1) is 6.10 Å². The first kappa shape index (κ1) is 31.5. The number of rotatable bonds is 15. The number of carbonyl (C=O) groups is 2. The minimum absolute atomic E-state index is 0.125. The molecule has 1 rings (SSSR count). The van der Waals surface area contributed by atoms with Gasteiger partial charge in [0.15, 0.2) is 0 Å². The molecule has 202 valence electrons. The number of aliphatic hydroxyl groups excluding tert-OH is 1. The van der Waals surface area contributed by atoms with Crippen LogP contribution in [0.5, 0.6) is 0 Å². The lowest BCUT2D eigenvalue weighted by atomic mass is 9.80. The summed E-state index contributed by atoms with van der Waals surface area (Å²) in [4.78, 5) is 23.1. The van der Waals surface area contributed by atoms with E-state index in [0.717, 1.165) is 11.9 Å². The van der Waals surface area contributed by atoms with Gasteiger partial charge in [0.25, 0.3) is 0 Å². The Labute approximate surface area is 211 Å². The number of aryl methyl sites for hydroxylation is 1. The molecule has 36 heavy (non-hydrogen) atoms. The Kier molecular flexibility index (Phi) is 12.5. The number of Topliss-reactive ketones (excluding diaryl/α,β-unsaturated/α-hetero) is 1. The van der Waals surface area contributed by atoms with E-state index in [1.165, 1.54) is 18.2 Å². The molecule has 2 N–H and O–H groups in total. The molecule has 0 aliphatic heterocycles. The molecule has 1 aromatic rings. The van der Waals surface area contributed by atoms with E-state index >= 15 is 0 Å². The maximum Gasteiger partial charge on any atom is 0.412 e. The fourth-order valence-corrected chi connectivity index (χ4v) is 3.64. The first-order valence-corrected chi connectivity index (χ1v) is 12.1. The zero-order valence-corrected chi connectivity index (χ0v) is 22.0. The Bertz CT molecular complexity index is 945. The topological polar surface area (TPSA) is 92.4 Å². The van der Waals surface area contributed by atoms with Crippen LogP contribution in [0.3, 0.4) is 0 Å². The van der Waals surface area contributed by atoms with E-state index in [-0.39, 0.29) is 37.5 Å². The summed E-state index contributed by atoms with van der Waals surface area (Å²) in [5.41, 5.74) is -0.0136. The quantitative estimate of drug-likeness (QED) is 0.229. The minimum atomic E-state index is -4.50. The SMILES string of the molecule is CN[C@@H](C/C=C(\C/C=C/C(C)C(O)CC(=O)C(C)(C)CCC=O)C(F)(F)F)/C(C)=C/c1cc(C)on1. The highest BCUT2D eigenvalue weighted by Gasteiger charge is 2.33. The number of ketones is 1. The van der Waals surface area contributed by atoms with Crippen molar-refractivity contribution < 1.29 is 32.4 Å². The van der Waals surface area contributed by atoms with Gasteiger partial charge in [-0.2, -0.15) is 13.2 Å². The van der Waals surface area contributed by atoms with E-state index in [0.29, 0.717) is 17.9 Å². The number of hydrogen-bond donors (Lipinski definition) is 2. The van der Waals surface area contributed by atoms with Crippen LogP contribution in [-0.4, -0.2) is 47.7 Å². The van der Waals surface area contributed by atoms with Gasteiger partial charge in [-0.15, -0.1) is 0 Å². The molecule has 0 fully saturated rings. The predicted octanol–water partition coefficient (Wildman–Crippen LogP) is 5.76. The van der Waals surface area contributed by atoms with Crippen molar-refractivity contribution in [1.29, 1.82) is 0 Å². The lowest BCUT2D eigenvalue weighted by Crippen LogP contribution is -2.30. The van der Waals surface area contributed by atoms with Crippen LogP contribution in [0.1, 0.15) is 71.3 Å². The summed E-state index contributed by atoms with van der Waals surface area (Å²) in [6.07, 6.45) is 1.34. The van der Waals surface area contributed by atoms with Crippen LogP contribution >= 0.6 is 0 Å². The second-order valence-electron chi connectivity index (χ2n) is 9.83. The molecule has 0 saturated heterocycles. The molecule has 1 aromatic heterocycles. The molecule has 9 heteroatoms. The second-order valence-corrected chi connectivity index (χ2v) is 9.83. The van der Waals surface area contributed by atoms with E-state index in [4.69, 9.17) is 4.52 Å². The van der Waals surface area contributed by atoms with E-state index in [2.05, 4.69) is 10.5 Å². The average Bonchev–Trinajstić information content (AvgIpc) is 3.20. The second kappa shape index (κ2) is 14.3. The molecule has 0 amide bonds. The van der Waals surface area contributed by atoms with Gasteiger partial charge in [-0.25, -0.2) is 0 Å². The number of aromatic nitrogens is 1. The Morgan fingerprint density at radius 3 is 2.50 bits per heavy atom. The van der Waals surface area contributed by atoms with Gasteiger partial charge in [-0.3, -0.25) is 4.79 Å². The number of halogens is 3. The van der Waals surface area contributed by atoms with E-state index in [1.807, 2.05) is 6.92 Å². The van der Waals surface area contributed by atoms with Crippen molar-refractivity contribution in [3.63, 3.8) is 0 Å². The van der Waals surface area contributed by atoms with Crippen molar-refractivity contribution in [2.75, 3.05) is 7.05 Å². The third-order valence-corrected chi connectivity index (χ3v) is 6.30.